The summed E-state index contributed by atoms with van der Waals surface area (Å²) in [5, 5.41) is 4.37. The summed E-state index contributed by atoms with van der Waals surface area (Å²) < 4.78 is 27.3. The van der Waals surface area contributed by atoms with Crippen molar-refractivity contribution in [2.75, 3.05) is 0 Å². The molecule has 740 valence electrons. The van der Waals surface area contributed by atoms with Gasteiger partial charge in [0, 0.05) is 21.7 Å². The Bertz CT molecular complexity index is 4670. The number of hydrogen-bond acceptors (Lipinski definition) is 8. The third-order valence-corrected chi connectivity index (χ3v) is 36.3. The van der Waals surface area contributed by atoms with Crippen molar-refractivity contribution in [3.63, 3.8) is 0 Å². The molecule has 10 heteroatoms. The molecule has 2 aliphatic heterocycles. The van der Waals surface area contributed by atoms with Gasteiger partial charge in [0.1, 0.15) is 0 Å². The number of fused-ring (bicyclic) bond motifs is 12. The Labute approximate surface area is 838 Å². The molecule has 0 amide bonds. The molecule has 0 radical (unpaired) electrons. The van der Waals surface area contributed by atoms with Crippen LogP contribution in [-0.2, 0) is 40.3 Å². The van der Waals surface area contributed by atoms with Crippen molar-refractivity contribution in [1.82, 2.24) is 0 Å². The van der Waals surface area contributed by atoms with Crippen LogP contribution in [0, 0.1) is 0 Å². The highest BCUT2D eigenvalue weighted by Gasteiger charge is 2.56. The number of aldehydes is 2. The molecule has 0 bridgehead atoms. The molecule has 8 aromatic rings. The highest BCUT2D eigenvalue weighted by atomic mass is 32.1. The topological polar surface area (TPSA) is 71.1 Å². The number of hydrogen-bond donors (Lipinski definition) is 0. The van der Waals surface area contributed by atoms with Gasteiger partial charge in [-0.2, -0.15) is 0 Å². The van der Waals surface area contributed by atoms with E-state index in [1.165, 1.54) is 460 Å². The molecule has 0 N–H and O–H groups in total. The van der Waals surface area contributed by atoms with E-state index in [2.05, 4.69) is 231 Å². The molecule has 2 fully saturated rings. The summed E-state index contributed by atoms with van der Waals surface area (Å²) in [5.41, 5.74) is 29.6. The van der Waals surface area contributed by atoms with Crippen LogP contribution in [0.4, 0.5) is 0 Å². The molecule has 0 saturated carbocycles. The van der Waals surface area contributed by atoms with Crippen LogP contribution in [0.1, 0.15) is 534 Å². The van der Waals surface area contributed by atoms with Gasteiger partial charge < -0.3 is 18.6 Å². The summed E-state index contributed by atoms with van der Waals surface area (Å²) in [6.45, 7) is 36.2. The summed E-state index contributed by atoms with van der Waals surface area (Å²) in [6.07, 6.45) is 74.2. The first kappa shape index (κ1) is 107. The van der Waals surface area contributed by atoms with Crippen molar-refractivity contribution < 1.29 is 28.2 Å². The van der Waals surface area contributed by atoms with Crippen molar-refractivity contribution in [3.8, 4) is 66.8 Å². The maximum atomic E-state index is 11.9. The van der Waals surface area contributed by atoms with Gasteiger partial charge in [-0.15, -0.1) is 22.7 Å². The van der Waals surface area contributed by atoms with Crippen molar-refractivity contribution in [1.29, 1.82) is 0 Å². The summed E-state index contributed by atoms with van der Waals surface area (Å²) in [5.74, 6) is 0. The molecule has 0 spiro atoms. The number of unbranched alkanes of at least 4 members (excludes halogenated alkanes) is 40. The van der Waals surface area contributed by atoms with Crippen molar-refractivity contribution in [2.24, 2.45) is 0 Å². The molecule has 14 rings (SSSR count). The fourth-order valence-corrected chi connectivity index (χ4v) is 26.5. The Kier molecular flexibility index (Phi) is 40.1. The predicted octanol–water partition coefficient (Wildman–Crippen LogP) is 38.1. The van der Waals surface area contributed by atoms with E-state index in [0.717, 1.165) is 22.3 Å². The number of thiophene rings is 2. The fraction of sp³-hybridized carbons (Fsp3) is 0.635. The maximum absolute atomic E-state index is 11.9. The molecule has 0 atom stereocenters. The minimum atomic E-state index is -0.389. The highest BCUT2D eigenvalue weighted by Crippen LogP contribution is 2.65. The van der Waals surface area contributed by atoms with E-state index in [-0.39, 0.29) is 58.3 Å². The van der Waals surface area contributed by atoms with Gasteiger partial charge in [-0.05, 0) is 288 Å². The van der Waals surface area contributed by atoms with E-state index in [9.17, 15) is 9.59 Å². The van der Waals surface area contributed by atoms with Crippen LogP contribution in [0.2, 0.25) is 0 Å². The second-order valence-corrected chi connectivity index (χ2v) is 47.3. The van der Waals surface area contributed by atoms with Crippen molar-refractivity contribution in [3.05, 3.63) is 174 Å². The number of rotatable bonds is 62. The largest absolute Gasteiger partial charge is 0.494 e. The molecule has 4 aliphatic carbocycles. The summed E-state index contributed by atoms with van der Waals surface area (Å²) >= 11 is 3.12. The Morgan fingerprint density at radius 3 is 0.618 bits per heavy atom. The molecule has 0 unspecified atom stereocenters. The molecular weight excluding hydrogens is 1700 g/mol. The molecule has 4 heterocycles. The minimum Gasteiger partial charge on any atom is -0.399 e. The number of carbonyl (C=O) groups is 2. The monoisotopic (exact) mass is 1880 g/mol. The molecular formula is C126H182B2O6S2. The van der Waals surface area contributed by atoms with Crippen molar-refractivity contribution in [2.45, 2.75) is 514 Å². The average Bonchev–Trinajstić information content (AvgIpc) is 1.53. The van der Waals surface area contributed by atoms with E-state index in [1.54, 1.807) is 44.9 Å². The Morgan fingerprint density at radius 1 is 0.221 bits per heavy atom. The van der Waals surface area contributed by atoms with E-state index in [1.807, 2.05) is 0 Å². The van der Waals surface area contributed by atoms with Crippen LogP contribution >= 0.6 is 22.7 Å². The van der Waals surface area contributed by atoms with Gasteiger partial charge >= 0.3 is 14.2 Å². The molecule has 6 aromatic carbocycles. The SMILES string of the molecule is CCCCCCCCC1(CCCCCCCC)c2cc(-c3csc(C=O)c3)ccc2-c2cc3c(cc21)-c1ccc(-c2csc(C=O)c2)cc1C3(CCCCCCCC)CCCCCCCC.CCCCCCCCC1(CCCCCCCC)c2cc(B3OC(C)(C)C(C)(C)O3)ccc2-c2cc3c(cc21)-c1ccc(B2OC(C)(C)C(C)(C)O2)cc1C3(CCCCCCCC)CCCCCCCC. The first-order chi connectivity index (χ1) is 66.0. The Morgan fingerprint density at radius 2 is 0.412 bits per heavy atom. The normalized spacial score (nSPS) is 16.8. The second kappa shape index (κ2) is 50.8. The zero-order valence-electron chi connectivity index (χ0n) is 88.7. The third-order valence-electron chi connectivity index (χ3n) is 34.6. The number of carbonyl (C=O) groups excluding carboxylic acids is 2. The van der Waals surface area contributed by atoms with E-state index < -0.39 is 0 Å². The Balaban J connectivity index is 0.000000230. The van der Waals surface area contributed by atoms with E-state index in [0.29, 0.717) is 0 Å². The van der Waals surface area contributed by atoms with Crippen LogP contribution in [0.3, 0.4) is 0 Å². The smallest absolute Gasteiger partial charge is 0.399 e. The second-order valence-electron chi connectivity index (χ2n) is 45.4. The zero-order chi connectivity index (χ0) is 96.4. The summed E-state index contributed by atoms with van der Waals surface area (Å²) in [4.78, 5) is 25.4. The lowest BCUT2D eigenvalue weighted by Crippen LogP contribution is -2.41. The first-order valence-electron chi connectivity index (χ1n) is 56.7. The maximum Gasteiger partial charge on any atom is 0.494 e. The predicted molar refractivity (Wildman–Crippen MR) is 591 cm³/mol. The lowest BCUT2D eigenvalue weighted by molar-refractivity contribution is 0.00578. The summed E-state index contributed by atoms with van der Waals surface area (Å²) in [7, 11) is -0.755. The molecule has 6 nitrogen and oxygen atoms in total. The van der Waals surface area contributed by atoms with E-state index in [4.69, 9.17) is 18.6 Å². The van der Waals surface area contributed by atoms with Gasteiger partial charge in [-0.25, -0.2) is 0 Å². The van der Waals surface area contributed by atoms with Gasteiger partial charge in [-0.1, -0.05) is 424 Å². The standard InChI is InChI=1S/C64H100B2O4.C62H82O2S2/c1-13-17-21-25-29-33-41-63(42-34-30-26-22-18-14-2)55-45-49(65-67-59(5,6)60(7,8)68-65)37-39-51(55)53-48-58-54(47-57(53)63)52-40-38-50(66-69-61(9,10)62(11,12)70-66)46-56(52)64(58,43-35-31-27-23-19-15-3)44-36-32-28-24-20-16-4;1-5-9-13-17-21-25-33-61(34-26-22-18-14-10-6-2)57-39-47(49-37-51(43-63)65-45-49)29-31-53(57)55-42-60-56(41-59(55)61)54-32-30-48(50-38-52(44-64)66-46-50)40-58(54)62(60,35-27-23-19-15-11-7-3)36-28-24-20-16-12-8-4/h37-40,45-48H,13-36,41-44H2,1-12H3;29-32,37-46H,5-28,33-36H2,1-4H3. The molecule has 136 heavy (non-hydrogen) atoms. The molecule has 2 aromatic heterocycles. The van der Waals surface area contributed by atoms with Gasteiger partial charge in [0.2, 0.25) is 0 Å². The lowest BCUT2D eigenvalue weighted by Gasteiger charge is -2.35. The fourth-order valence-electron chi connectivity index (χ4n) is 25.0. The first-order valence-corrected chi connectivity index (χ1v) is 58.5. The Hall–Kier alpha value is -5.97. The van der Waals surface area contributed by atoms with Crippen LogP contribution in [0.25, 0.3) is 66.8 Å². The molecule has 6 aliphatic rings. The van der Waals surface area contributed by atoms with Gasteiger partial charge in [0.25, 0.3) is 0 Å². The van der Waals surface area contributed by atoms with Crippen molar-refractivity contribution >= 4 is 60.4 Å². The van der Waals surface area contributed by atoms with E-state index >= 15 is 0 Å². The van der Waals surface area contributed by atoms with Gasteiger partial charge in [0.15, 0.2) is 12.6 Å². The third kappa shape index (κ3) is 24.6. The van der Waals surface area contributed by atoms with Gasteiger partial charge in [0.05, 0.1) is 32.2 Å². The lowest BCUT2D eigenvalue weighted by atomic mass is 9.67. The summed E-state index contributed by atoms with van der Waals surface area (Å²) in [6, 6.07) is 44.9. The highest BCUT2D eigenvalue weighted by molar-refractivity contribution is 7.12. The zero-order valence-corrected chi connectivity index (χ0v) is 90.4. The van der Waals surface area contributed by atoms with Crippen LogP contribution in [0.15, 0.2) is 120 Å². The van der Waals surface area contributed by atoms with Crippen LogP contribution in [0.5, 0.6) is 0 Å². The van der Waals surface area contributed by atoms with Gasteiger partial charge in [-0.3, -0.25) is 9.59 Å². The molecule has 2 saturated heterocycles. The quantitative estimate of drug-likeness (QED) is 0.0215. The number of benzene rings is 6. The average molecular weight is 1880 g/mol. The minimum absolute atomic E-state index is 0.0550. The van der Waals surface area contributed by atoms with Crippen LogP contribution in [-0.4, -0.2) is 49.2 Å². The van der Waals surface area contributed by atoms with Crippen LogP contribution < -0.4 is 10.9 Å².